The summed E-state index contributed by atoms with van der Waals surface area (Å²) in [6.07, 6.45) is 0.835. The fourth-order valence-electron chi connectivity index (χ4n) is 2.53. The van der Waals surface area contributed by atoms with Gasteiger partial charge in [0.2, 0.25) is 4.90 Å². The van der Waals surface area contributed by atoms with Crippen molar-refractivity contribution in [2.45, 2.75) is 18.2 Å². The number of fused-ring (bicyclic) bond motifs is 1. The van der Waals surface area contributed by atoms with Crippen LogP contribution in [0.4, 0.5) is 5.69 Å². The topological polar surface area (TPSA) is 77.8 Å². The fraction of sp³-hybridized carbons (Fsp3) is 0.250. The molecule has 3 aromatic rings. The molecule has 142 valence electrons. The van der Waals surface area contributed by atoms with Crippen LogP contribution in [0, 0.1) is 0 Å². The molecule has 3 rings (SSSR count). The molecule has 0 saturated heterocycles. The highest BCUT2D eigenvalue weighted by molar-refractivity contribution is 7.90. The van der Waals surface area contributed by atoms with Gasteiger partial charge < -0.3 is 18.6 Å². The number of nitrogens with one attached hydrogen (secondary N) is 1. The molecule has 6 nitrogen and oxygen atoms in total. The normalized spacial score (nSPS) is 12.0. The molecule has 0 saturated carbocycles. The Morgan fingerprint density at radius 1 is 1.22 bits per heavy atom. The Morgan fingerprint density at radius 2 is 2.00 bits per heavy atom. The Labute approximate surface area is 161 Å². The summed E-state index contributed by atoms with van der Waals surface area (Å²) >= 11 is -1.76. The van der Waals surface area contributed by atoms with Gasteiger partial charge in [0, 0.05) is 31.2 Å². The Kier molecular flexibility index (Phi) is 5.93. The summed E-state index contributed by atoms with van der Waals surface area (Å²) in [5.41, 5.74) is 1.57. The summed E-state index contributed by atoms with van der Waals surface area (Å²) in [5.74, 6) is 0.0701. The van der Waals surface area contributed by atoms with Crippen LogP contribution in [-0.4, -0.2) is 31.2 Å². The first-order chi connectivity index (χ1) is 13.0. The van der Waals surface area contributed by atoms with Crippen LogP contribution in [0.1, 0.15) is 23.9 Å². The highest BCUT2D eigenvalue weighted by atomic mass is 32.2. The van der Waals surface area contributed by atoms with Crippen LogP contribution >= 0.6 is 0 Å². The van der Waals surface area contributed by atoms with Crippen LogP contribution in [0.5, 0.6) is 5.75 Å². The smallest absolute Gasteiger partial charge is 0.328 e. The van der Waals surface area contributed by atoms with E-state index in [1.807, 2.05) is 44.1 Å². The summed E-state index contributed by atoms with van der Waals surface area (Å²) in [7, 11) is 3.86. The molecule has 0 spiro atoms. The number of ether oxygens (including phenoxy) is 1. The third-order valence-corrected chi connectivity index (χ3v) is 5.05. The lowest BCUT2D eigenvalue weighted by Crippen LogP contribution is -2.30. The Balaban J connectivity index is 1.78. The third-order valence-electron chi connectivity index (χ3n) is 3.94. The number of furan rings is 1. The van der Waals surface area contributed by atoms with Crippen molar-refractivity contribution in [3.8, 4) is 5.75 Å². The number of hydrogen-bond donors (Lipinski definition) is 1. The molecule has 1 unspecified atom stereocenters. The molecule has 0 aliphatic carbocycles. The highest BCUT2D eigenvalue weighted by Crippen LogP contribution is 2.26. The van der Waals surface area contributed by atoms with E-state index < -0.39 is 17.3 Å². The van der Waals surface area contributed by atoms with E-state index in [9.17, 15) is 9.35 Å². The minimum atomic E-state index is -1.76. The minimum Gasteiger partial charge on any atom is -0.588 e. The van der Waals surface area contributed by atoms with Gasteiger partial charge in [0.25, 0.3) is 0 Å². The maximum atomic E-state index is 12.6. The van der Waals surface area contributed by atoms with E-state index in [1.54, 1.807) is 30.3 Å². The Bertz CT molecular complexity index is 939. The van der Waals surface area contributed by atoms with Gasteiger partial charge in [-0.15, -0.1) is 0 Å². The molecule has 0 bridgehead atoms. The number of hydrogen-bond acceptors (Lipinski definition) is 5. The standard InChI is InChI=1S/C20H22N2O4S/c1-4-11-25-16-7-5-6-8-19(16)27(24)21-20(23)18-12-14-9-10-15(22(2)3)13-17(14)26-18/h5-10,12-13H,4,11H2,1-3H3,(H,21,23). The number of para-hydroxylation sites is 1. The van der Waals surface area contributed by atoms with Crippen LogP contribution < -0.4 is 14.4 Å². The van der Waals surface area contributed by atoms with Gasteiger partial charge in [0.15, 0.2) is 11.5 Å². The van der Waals surface area contributed by atoms with Crippen molar-refractivity contribution >= 4 is 33.9 Å². The third kappa shape index (κ3) is 4.37. The molecule has 0 aliphatic rings. The fourth-order valence-corrected chi connectivity index (χ4v) is 3.42. The summed E-state index contributed by atoms with van der Waals surface area (Å²) < 4.78 is 26.4. The summed E-state index contributed by atoms with van der Waals surface area (Å²) in [4.78, 5) is 14.9. The second-order valence-corrected chi connectivity index (χ2v) is 7.40. The molecule has 0 aliphatic heterocycles. The number of carbonyl (C=O) groups excluding carboxylic acids is 1. The zero-order valence-electron chi connectivity index (χ0n) is 15.5. The van der Waals surface area contributed by atoms with Gasteiger partial charge in [-0.05, 0) is 36.8 Å². The van der Waals surface area contributed by atoms with E-state index in [1.165, 1.54) is 0 Å². The average Bonchev–Trinajstić information content (AvgIpc) is 3.10. The number of rotatable bonds is 7. The van der Waals surface area contributed by atoms with E-state index in [4.69, 9.17) is 9.15 Å². The predicted molar refractivity (Wildman–Crippen MR) is 107 cm³/mol. The molecule has 1 aromatic heterocycles. The molecule has 1 amide bonds. The van der Waals surface area contributed by atoms with E-state index >= 15 is 0 Å². The molecule has 27 heavy (non-hydrogen) atoms. The van der Waals surface area contributed by atoms with Crippen molar-refractivity contribution in [3.05, 3.63) is 54.3 Å². The van der Waals surface area contributed by atoms with Crippen LogP contribution in [0.25, 0.3) is 11.0 Å². The number of carbonyl (C=O) groups is 1. The van der Waals surface area contributed by atoms with Crippen molar-refractivity contribution in [2.75, 3.05) is 25.6 Å². The molecular formula is C20H22N2O4S. The lowest BCUT2D eigenvalue weighted by atomic mass is 10.2. The molecular weight excluding hydrogens is 364 g/mol. The summed E-state index contributed by atoms with van der Waals surface area (Å²) in [5, 5.41) is 0.809. The molecule has 1 atom stereocenters. The zero-order valence-corrected chi connectivity index (χ0v) is 16.3. The van der Waals surface area contributed by atoms with E-state index in [2.05, 4.69) is 4.72 Å². The number of anilines is 1. The molecule has 2 aromatic carbocycles. The van der Waals surface area contributed by atoms with Gasteiger partial charge in [-0.3, -0.25) is 4.79 Å². The lowest BCUT2D eigenvalue weighted by molar-refractivity contribution is 0.0956. The van der Waals surface area contributed by atoms with Gasteiger partial charge in [0.05, 0.1) is 6.61 Å². The zero-order chi connectivity index (χ0) is 19.4. The maximum Gasteiger partial charge on any atom is 0.328 e. The van der Waals surface area contributed by atoms with Gasteiger partial charge >= 0.3 is 5.91 Å². The first kappa shape index (κ1) is 19.1. The largest absolute Gasteiger partial charge is 0.588 e. The van der Waals surface area contributed by atoms with Crippen LogP contribution in [0.3, 0.4) is 0 Å². The quantitative estimate of drug-likeness (QED) is 0.626. The first-order valence-corrected chi connectivity index (χ1v) is 9.80. The Morgan fingerprint density at radius 3 is 2.74 bits per heavy atom. The molecule has 0 fully saturated rings. The van der Waals surface area contributed by atoms with Crippen LogP contribution in [0.2, 0.25) is 0 Å². The lowest BCUT2D eigenvalue weighted by Gasteiger charge is -2.13. The minimum absolute atomic E-state index is 0.112. The highest BCUT2D eigenvalue weighted by Gasteiger charge is 2.23. The molecule has 7 heteroatoms. The number of amides is 1. The van der Waals surface area contributed by atoms with Gasteiger partial charge in [-0.25, -0.2) is 0 Å². The maximum absolute atomic E-state index is 12.6. The Hall–Kier alpha value is -2.64. The second-order valence-electron chi connectivity index (χ2n) is 6.22. The van der Waals surface area contributed by atoms with Gasteiger partial charge in [-0.2, -0.15) is 4.72 Å². The van der Waals surface area contributed by atoms with Crippen LogP contribution in [-0.2, 0) is 11.4 Å². The van der Waals surface area contributed by atoms with Crippen molar-refractivity contribution in [1.29, 1.82) is 0 Å². The second kappa shape index (κ2) is 8.37. The summed E-state index contributed by atoms with van der Waals surface area (Å²) in [6.45, 7) is 2.50. The SMILES string of the molecule is CCCOc1ccccc1[S+]([O-])NC(=O)c1cc2ccc(N(C)C)cc2o1. The molecule has 0 radical (unpaired) electrons. The molecule has 1 heterocycles. The number of nitrogens with zero attached hydrogens (tertiary/aromatic N) is 1. The van der Waals surface area contributed by atoms with Crippen molar-refractivity contribution in [3.63, 3.8) is 0 Å². The number of benzene rings is 2. The monoisotopic (exact) mass is 386 g/mol. The molecule has 1 N–H and O–H groups in total. The van der Waals surface area contributed by atoms with Crippen molar-refractivity contribution in [1.82, 2.24) is 4.72 Å². The van der Waals surface area contributed by atoms with Crippen molar-refractivity contribution in [2.24, 2.45) is 0 Å². The van der Waals surface area contributed by atoms with Gasteiger partial charge in [-0.1, -0.05) is 19.1 Å². The predicted octanol–water partition coefficient (Wildman–Crippen LogP) is 3.74. The first-order valence-electron chi connectivity index (χ1n) is 8.65. The van der Waals surface area contributed by atoms with Gasteiger partial charge in [0.1, 0.15) is 16.9 Å². The van der Waals surface area contributed by atoms with E-state index in [-0.39, 0.29) is 5.76 Å². The van der Waals surface area contributed by atoms with Crippen molar-refractivity contribution < 1.29 is 18.5 Å². The van der Waals surface area contributed by atoms with Crippen LogP contribution in [0.15, 0.2) is 57.8 Å². The average molecular weight is 386 g/mol. The van der Waals surface area contributed by atoms with E-state index in [0.29, 0.717) is 22.8 Å². The summed E-state index contributed by atoms with van der Waals surface area (Å²) in [6, 6.07) is 14.3. The van der Waals surface area contributed by atoms with E-state index in [0.717, 1.165) is 17.5 Å².